The first-order valence-electron chi connectivity index (χ1n) is 12.1. The van der Waals surface area contributed by atoms with E-state index in [1.807, 2.05) is 49.9 Å². The molecule has 8 heteroatoms. The van der Waals surface area contributed by atoms with Crippen molar-refractivity contribution in [2.75, 3.05) is 23.7 Å². The molecule has 4 rings (SSSR count). The molecule has 2 N–H and O–H groups in total. The van der Waals surface area contributed by atoms with E-state index in [-0.39, 0.29) is 17.9 Å². The van der Waals surface area contributed by atoms with E-state index in [1.165, 1.54) is 11.8 Å². The van der Waals surface area contributed by atoms with Gasteiger partial charge in [0.25, 0.3) is 11.8 Å². The van der Waals surface area contributed by atoms with Crippen molar-refractivity contribution >= 4 is 23.3 Å². The molecule has 2 amide bonds. The monoisotopic (exact) mass is 482 g/mol. The summed E-state index contributed by atoms with van der Waals surface area (Å²) >= 11 is 0. The van der Waals surface area contributed by atoms with Crippen LogP contribution in [0.25, 0.3) is 0 Å². The Bertz CT molecular complexity index is 1270. The Morgan fingerprint density at radius 3 is 2.39 bits per heavy atom. The molecule has 2 aromatic heterocycles. The molecule has 36 heavy (non-hydrogen) atoms. The number of likely N-dealkylation sites (tertiary alicyclic amines) is 1. The molecule has 0 radical (unpaired) electrons. The number of aromatic nitrogens is 2. The number of nitrogens with zero attached hydrogens (tertiary/aromatic N) is 4. The number of rotatable bonds is 6. The number of nitrogens with one attached hydrogen (secondary N) is 2. The lowest BCUT2D eigenvalue weighted by atomic mass is 9.89. The fraction of sp³-hybridized carbons (Fsp3) is 0.321. The molecule has 0 spiro atoms. The van der Waals surface area contributed by atoms with Gasteiger partial charge in [-0.25, -0.2) is 4.98 Å². The fourth-order valence-electron chi connectivity index (χ4n) is 4.29. The van der Waals surface area contributed by atoms with Crippen molar-refractivity contribution in [1.29, 1.82) is 5.26 Å². The molecule has 8 nitrogen and oxygen atoms in total. The van der Waals surface area contributed by atoms with Crippen LogP contribution >= 0.6 is 0 Å². The summed E-state index contributed by atoms with van der Waals surface area (Å²) in [5.41, 5.74) is 3.90. The maximum atomic E-state index is 13.2. The number of carbonyl (C=O) groups excluding carboxylic acids is 2. The number of amides is 2. The summed E-state index contributed by atoms with van der Waals surface area (Å²) in [5.74, 6) is 0.625. The lowest BCUT2D eigenvalue weighted by molar-refractivity contribution is 0.0706. The van der Waals surface area contributed by atoms with Crippen LogP contribution < -0.4 is 10.6 Å². The van der Waals surface area contributed by atoms with E-state index in [0.717, 1.165) is 18.4 Å². The van der Waals surface area contributed by atoms with Crippen LogP contribution in [0.15, 0.2) is 54.9 Å². The first-order chi connectivity index (χ1) is 17.3. The van der Waals surface area contributed by atoms with E-state index < -0.39 is 0 Å². The lowest BCUT2D eigenvalue weighted by Crippen LogP contribution is -2.38. The highest BCUT2D eigenvalue weighted by molar-refractivity contribution is 6.05. The minimum absolute atomic E-state index is 0.144. The van der Waals surface area contributed by atoms with E-state index in [9.17, 15) is 9.59 Å². The molecule has 0 saturated carbocycles. The number of carbonyl (C=O) groups is 2. The van der Waals surface area contributed by atoms with Crippen LogP contribution in [0.5, 0.6) is 0 Å². The molecule has 1 saturated heterocycles. The Hall–Kier alpha value is -4.25. The van der Waals surface area contributed by atoms with Crippen LogP contribution in [0.2, 0.25) is 0 Å². The average Bonchev–Trinajstić information content (AvgIpc) is 2.89. The third-order valence-electron chi connectivity index (χ3n) is 6.33. The highest BCUT2D eigenvalue weighted by atomic mass is 16.2. The maximum absolute atomic E-state index is 13.2. The van der Waals surface area contributed by atoms with Gasteiger partial charge >= 0.3 is 0 Å². The highest BCUT2D eigenvalue weighted by Gasteiger charge is 2.26. The third kappa shape index (κ3) is 5.87. The summed E-state index contributed by atoms with van der Waals surface area (Å²) in [6, 6.07) is 15.2. The van der Waals surface area contributed by atoms with Crippen LogP contribution in [0.1, 0.15) is 70.1 Å². The van der Waals surface area contributed by atoms with Gasteiger partial charge in [-0.2, -0.15) is 5.26 Å². The highest BCUT2D eigenvalue weighted by Crippen LogP contribution is 2.29. The normalized spacial score (nSPS) is 13.8. The van der Waals surface area contributed by atoms with E-state index in [0.29, 0.717) is 47.3 Å². The van der Waals surface area contributed by atoms with E-state index in [4.69, 9.17) is 5.26 Å². The number of piperidine rings is 1. The number of aryl methyl sites for hydroxylation is 1. The second kappa shape index (κ2) is 11.0. The molecule has 1 aromatic carbocycles. The van der Waals surface area contributed by atoms with Gasteiger partial charge < -0.3 is 15.5 Å². The Morgan fingerprint density at radius 2 is 1.78 bits per heavy atom. The molecule has 3 heterocycles. The predicted molar refractivity (Wildman–Crippen MR) is 139 cm³/mol. The molecule has 1 aliphatic heterocycles. The number of nitriles is 1. The van der Waals surface area contributed by atoms with Gasteiger partial charge in [-0.05, 0) is 81.0 Å². The Labute approximate surface area is 211 Å². The molecule has 1 fully saturated rings. The minimum atomic E-state index is -0.297. The van der Waals surface area contributed by atoms with E-state index in [1.54, 1.807) is 24.4 Å². The Kier molecular flexibility index (Phi) is 7.59. The van der Waals surface area contributed by atoms with Crippen LogP contribution in [0.3, 0.4) is 0 Å². The molecule has 1 aliphatic rings. The van der Waals surface area contributed by atoms with Crippen LogP contribution in [0.4, 0.5) is 11.5 Å². The van der Waals surface area contributed by atoms with Gasteiger partial charge in [0, 0.05) is 37.2 Å². The summed E-state index contributed by atoms with van der Waals surface area (Å²) in [7, 11) is 0. The molecule has 3 aromatic rings. The fourth-order valence-corrected chi connectivity index (χ4v) is 4.29. The Balaban J connectivity index is 1.39. The topological polar surface area (TPSA) is 111 Å². The van der Waals surface area contributed by atoms with Gasteiger partial charge in [0.05, 0.1) is 17.2 Å². The summed E-state index contributed by atoms with van der Waals surface area (Å²) < 4.78 is 0. The number of hydrogen-bond acceptors (Lipinski definition) is 6. The first kappa shape index (κ1) is 24.9. The second-order valence-corrected chi connectivity index (χ2v) is 9.37. The van der Waals surface area contributed by atoms with Gasteiger partial charge in [-0.1, -0.05) is 12.1 Å². The summed E-state index contributed by atoms with van der Waals surface area (Å²) in [5, 5.41) is 15.1. The maximum Gasteiger partial charge on any atom is 0.272 e. The molecular formula is C28H30N6O2. The van der Waals surface area contributed by atoms with Crippen LogP contribution in [-0.4, -0.2) is 45.8 Å². The van der Waals surface area contributed by atoms with Crippen LogP contribution in [-0.2, 0) is 0 Å². The molecule has 0 atom stereocenters. The number of pyridine rings is 2. The van der Waals surface area contributed by atoms with Crippen LogP contribution in [0, 0.1) is 18.3 Å². The zero-order valence-corrected chi connectivity index (χ0v) is 20.8. The number of anilines is 2. The van der Waals surface area contributed by atoms with Gasteiger partial charge in [0.2, 0.25) is 0 Å². The minimum Gasteiger partial charge on any atom is -0.368 e. The van der Waals surface area contributed by atoms with Gasteiger partial charge in [-0.3, -0.25) is 14.6 Å². The van der Waals surface area contributed by atoms with E-state index in [2.05, 4.69) is 26.7 Å². The zero-order valence-electron chi connectivity index (χ0n) is 20.8. The lowest BCUT2D eigenvalue weighted by Gasteiger charge is -2.32. The first-order valence-corrected chi connectivity index (χ1v) is 12.1. The third-order valence-corrected chi connectivity index (χ3v) is 6.33. The van der Waals surface area contributed by atoms with Crippen molar-refractivity contribution in [3.05, 3.63) is 82.8 Å². The van der Waals surface area contributed by atoms with Crippen molar-refractivity contribution in [3.63, 3.8) is 0 Å². The summed E-state index contributed by atoms with van der Waals surface area (Å²) in [6.07, 6.45) is 4.84. The zero-order chi connectivity index (χ0) is 25.7. The van der Waals surface area contributed by atoms with Crippen molar-refractivity contribution < 1.29 is 9.59 Å². The van der Waals surface area contributed by atoms with Crippen molar-refractivity contribution in [2.45, 2.75) is 45.6 Å². The molecular weight excluding hydrogens is 452 g/mol. The summed E-state index contributed by atoms with van der Waals surface area (Å²) in [4.78, 5) is 36.4. The number of benzene rings is 1. The van der Waals surface area contributed by atoms with Gasteiger partial charge in [-0.15, -0.1) is 0 Å². The number of hydrogen-bond donors (Lipinski definition) is 2. The molecule has 0 unspecified atom stereocenters. The second-order valence-electron chi connectivity index (χ2n) is 9.37. The SMILES string of the molecule is Cc1cnc(C(=O)N2CCC(c3ccc(C#N)cc3)CC2)cc1NC(=O)c1ccc(NC(C)C)nc1. The standard InChI is InChI=1S/C28H30N6O2/c1-18(2)32-26-9-8-23(17-31-26)27(35)33-24-14-25(30-16-19(24)3)28(36)34-12-10-22(11-13-34)21-6-4-20(15-29)5-7-21/h4-9,14,16-18,22H,10-13H2,1-3H3,(H,31,32)(H,30,33,35). The molecule has 184 valence electrons. The summed E-state index contributed by atoms with van der Waals surface area (Å²) in [6.45, 7) is 7.14. The van der Waals surface area contributed by atoms with Gasteiger partial charge in [0.1, 0.15) is 11.5 Å². The molecule has 0 aliphatic carbocycles. The van der Waals surface area contributed by atoms with Crippen molar-refractivity contribution in [3.8, 4) is 6.07 Å². The quantitative estimate of drug-likeness (QED) is 0.525. The van der Waals surface area contributed by atoms with Gasteiger partial charge in [0.15, 0.2) is 0 Å². The predicted octanol–water partition coefficient (Wildman–Crippen LogP) is 4.75. The van der Waals surface area contributed by atoms with Crippen molar-refractivity contribution in [2.24, 2.45) is 0 Å². The smallest absolute Gasteiger partial charge is 0.272 e. The van der Waals surface area contributed by atoms with Crippen molar-refractivity contribution in [1.82, 2.24) is 14.9 Å². The van der Waals surface area contributed by atoms with E-state index >= 15 is 0 Å². The average molecular weight is 483 g/mol. The largest absolute Gasteiger partial charge is 0.368 e. The Morgan fingerprint density at radius 1 is 1.06 bits per heavy atom. The molecule has 0 bridgehead atoms.